The number of benzene rings is 2. The van der Waals surface area contributed by atoms with Gasteiger partial charge in [0.05, 0.1) is 22.1 Å². The summed E-state index contributed by atoms with van der Waals surface area (Å²) in [5, 5.41) is 9.45. The zero-order valence-corrected chi connectivity index (χ0v) is 15.1. The molecule has 0 atom stereocenters. The van der Waals surface area contributed by atoms with Gasteiger partial charge in [-0.05, 0) is 36.4 Å². The molecule has 5 rings (SSSR count). The van der Waals surface area contributed by atoms with Gasteiger partial charge in [0.15, 0.2) is 0 Å². The third-order valence-electron chi connectivity index (χ3n) is 5.11. The van der Waals surface area contributed by atoms with E-state index in [9.17, 15) is 4.79 Å². The van der Waals surface area contributed by atoms with Crippen LogP contribution < -0.4 is 15.8 Å². The number of hydrogen-bond acceptors (Lipinski definition) is 5. The zero-order valence-electron chi connectivity index (χ0n) is 15.1. The summed E-state index contributed by atoms with van der Waals surface area (Å²) in [6, 6.07) is 11.7. The van der Waals surface area contributed by atoms with E-state index in [-0.39, 0.29) is 5.56 Å². The van der Waals surface area contributed by atoms with Crippen LogP contribution in [0.1, 0.15) is 0 Å². The van der Waals surface area contributed by atoms with Gasteiger partial charge in [-0.1, -0.05) is 0 Å². The van der Waals surface area contributed by atoms with Crippen molar-refractivity contribution >= 4 is 27.5 Å². The predicted octanol–water partition coefficient (Wildman–Crippen LogP) is 1.68. The Balaban J connectivity index is 1.58. The molecule has 1 aliphatic rings. The number of piperazine rings is 1. The molecule has 1 saturated heterocycles. The highest BCUT2D eigenvalue weighted by Crippen LogP contribution is 2.21. The van der Waals surface area contributed by atoms with Gasteiger partial charge in [-0.2, -0.15) is 5.10 Å². The second-order valence-corrected chi connectivity index (χ2v) is 6.90. The molecule has 136 valence electrons. The van der Waals surface area contributed by atoms with Crippen LogP contribution in [0.15, 0.2) is 53.7 Å². The zero-order chi connectivity index (χ0) is 18.4. The maximum atomic E-state index is 13.0. The van der Waals surface area contributed by atoms with Crippen molar-refractivity contribution in [2.45, 2.75) is 0 Å². The van der Waals surface area contributed by atoms with Gasteiger partial charge >= 0.3 is 0 Å². The molecule has 7 nitrogen and oxygen atoms in total. The molecule has 1 fully saturated rings. The molecule has 0 aliphatic carbocycles. The Morgan fingerprint density at radius 3 is 2.63 bits per heavy atom. The highest BCUT2D eigenvalue weighted by molar-refractivity contribution is 5.83. The van der Waals surface area contributed by atoms with Crippen molar-refractivity contribution in [1.82, 2.24) is 24.6 Å². The fourth-order valence-electron chi connectivity index (χ4n) is 3.69. The number of aromatic nitrogens is 4. The Morgan fingerprint density at radius 1 is 1.00 bits per heavy atom. The summed E-state index contributed by atoms with van der Waals surface area (Å²) >= 11 is 0. The lowest BCUT2D eigenvalue weighted by Crippen LogP contribution is -2.43. The number of aryl methyl sites for hydroxylation is 1. The molecule has 2 aromatic heterocycles. The first-order valence-corrected chi connectivity index (χ1v) is 9.10. The molecule has 0 spiro atoms. The standard InChI is InChI=1S/C20H20N6O/c1-24-12-14-2-3-16(11-18(14)23-24)26-13-22-19-10-15(4-5-17(19)20(26)27)25-8-6-21-7-9-25/h2-5,10-13,21H,6-9H2,1H3. The number of rotatable bonds is 2. The Bertz CT molecular complexity index is 1200. The van der Waals surface area contributed by atoms with E-state index < -0.39 is 0 Å². The number of nitrogens with one attached hydrogen (secondary N) is 1. The summed E-state index contributed by atoms with van der Waals surface area (Å²) in [6.45, 7) is 3.88. The van der Waals surface area contributed by atoms with Gasteiger partial charge in [0.2, 0.25) is 0 Å². The van der Waals surface area contributed by atoms with E-state index in [1.165, 1.54) is 0 Å². The normalized spacial score (nSPS) is 14.9. The van der Waals surface area contributed by atoms with Gasteiger partial charge in [0.25, 0.3) is 5.56 Å². The first-order chi connectivity index (χ1) is 13.2. The van der Waals surface area contributed by atoms with Crippen LogP contribution in [-0.2, 0) is 7.05 Å². The topological polar surface area (TPSA) is 68.0 Å². The van der Waals surface area contributed by atoms with E-state index in [2.05, 4.69) is 20.3 Å². The molecule has 1 aliphatic heterocycles. The lowest BCUT2D eigenvalue weighted by molar-refractivity contribution is 0.589. The fraction of sp³-hybridized carbons (Fsp3) is 0.250. The summed E-state index contributed by atoms with van der Waals surface area (Å²) in [5.74, 6) is 0. The quantitative estimate of drug-likeness (QED) is 0.589. The summed E-state index contributed by atoms with van der Waals surface area (Å²) in [4.78, 5) is 19.9. The third kappa shape index (κ3) is 2.76. The maximum Gasteiger partial charge on any atom is 0.265 e. The van der Waals surface area contributed by atoms with Crippen LogP contribution in [0, 0.1) is 0 Å². The molecular weight excluding hydrogens is 340 g/mol. The summed E-state index contributed by atoms with van der Waals surface area (Å²) in [5.41, 5.74) is 3.40. The van der Waals surface area contributed by atoms with Crippen molar-refractivity contribution in [2.75, 3.05) is 31.1 Å². The van der Waals surface area contributed by atoms with E-state index in [0.29, 0.717) is 5.39 Å². The Kier molecular flexibility index (Phi) is 3.68. The van der Waals surface area contributed by atoms with E-state index >= 15 is 0 Å². The van der Waals surface area contributed by atoms with Crippen molar-refractivity contribution in [3.05, 3.63) is 59.3 Å². The molecule has 3 heterocycles. The van der Waals surface area contributed by atoms with Gasteiger partial charge in [0.1, 0.15) is 6.33 Å². The molecule has 27 heavy (non-hydrogen) atoms. The van der Waals surface area contributed by atoms with Crippen LogP contribution in [-0.4, -0.2) is 45.5 Å². The van der Waals surface area contributed by atoms with E-state index in [1.807, 2.05) is 49.6 Å². The maximum absolute atomic E-state index is 13.0. The summed E-state index contributed by atoms with van der Waals surface area (Å²) < 4.78 is 3.36. The molecule has 2 aromatic carbocycles. The van der Waals surface area contributed by atoms with E-state index in [1.54, 1.807) is 15.6 Å². The molecule has 0 unspecified atom stereocenters. The third-order valence-corrected chi connectivity index (χ3v) is 5.11. The van der Waals surface area contributed by atoms with Gasteiger partial charge in [0, 0.05) is 50.5 Å². The molecule has 0 amide bonds. The number of hydrogen-bond donors (Lipinski definition) is 1. The first-order valence-electron chi connectivity index (χ1n) is 9.10. The lowest BCUT2D eigenvalue weighted by Gasteiger charge is -2.29. The first kappa shape index (κ1) is 16.0. The van der Waals surface area contributed by atoms with Crippen molar-refractivity contribution in [1.29, 1.82) is 0 Å². The molecule has 0 radical (unpaired) electrons. The Morgan fingerprint density at radius 2 is 1.78 bits per heavy atom. The summed E-state index contributed by atoms with van der Waals surface area (Å²) in [7, 11) is 1.89. The minimum atomic E-state index is -0.0675. The van der Waals surface area contributed by atoms with Crippen LogP contribution in [0.5, 0.6) is 0 Å². The Hall–Kier alpha value is -3.19. The SMILES string of the molecule is Cn1cc2ccc(-n3cnc4cc(N5CCNCC5)ccc4c3=O)cc2n1. The van der Waals surface area contributed by atoms with Crippen LogP contribution in [0.25, 0.3) is 27.5 Å². The number of fused-ring (bicyclic) bond motifs is 2. The van der Waals surface area contributed by atoms with Crippen molar-refractivity contribution in [3.8, 4) is 5.69 Å². The smallest absolute Gasteiger partial charge is 0.265 e. The minimum Gasteiger partial charge on any atom is -0.369 e. The second-order valence-electron chi connectivity index (χ2n) is 6.90. The lowest BCUT2D eigenvalue weighted by atomic mass is 10.2. The molecule has 0 bridgehead atoms. The van der Waals surface area contributed by atoms with Crippen molar-refractivity contribution in [2.24, 2.45) is 7.05 Å². The molecule has 7 heteroatoms. The minimum absolute atomic E-state index is 0.0675. The van der Waals surface area contributed by atoms with Gasteiger partial charge in [-0.3, -0.25) is 14.0 Å². The van der Waals surface area contributed by atoms with Gasteiger partial charge < -0.3 is 10.2 Å². The summed E-state index contributed by atoms with van der Waals surface area (Å²) in [6.07, 6.45) is 3.56. The molecule has 4 aromatic rings. The average Bonchev–Trinajstić information content (AvgIpc) is 3.08. The van der Waals surface area contributed by atoms with Gasteiger partial charge in [-0.15, -0.1) is 0 Å². The molecule has 1 N–H and O–H groups in total. The predicted molar refractivity (Wildman–Crippen MR) is 107 cm³/mol. The molecular formula is C20H20N6O. The van der Waals surface area contributed by atoms with Crippen molar-refractivity contribution in [3.63, 3.8) is 0 Å². The van der Waals surface area contributed by atoms with E-state index in [4.69, 9.17) is 0 Å². The van der Waals surface area contributed by atoms with Crippen LogP contribution in [0.2, 0.25) is 0 Å². The Labute approximate surface area is 155 Å². The fourth-order valence-corrected chi connectivity index (χ4v) is 3.69. The second kappa shape index (κ2) is 6.21. The van der Waals surface area contributed by atoms with Crippen LogP contribution in [0.4, 0.5) is 5.69 Å². The van der Waals surface area contributed by atoms with E-state index in [0.717, 1.165) is 54.0 Å². The highest BCUT2D eigenvalue weighted by Gasteiger charge is 2.13. The number of nitrogens with zero attached hydrogens (tertiary/aromatic N) is 5. The van der Waals surface area contributed by atoms with Crippen molar-refractivity contribution < 1.29 is 0 Å². The van der Waals surface area contributed by atoms with Crippen LogP contribution in [0.3, 0.4) is 0 Å². The van der Waals surface area contributed by atoms with Crippen LogP contribution >= 0.6 is 0 Å². The average molecular weight is 360 g/mol. The highest BCUT2D eigenvalue weighted by atomic mass is 16.1. The largest absolute Gasteiger partial charge is 0.369 e. The molecule has 0 saturated carbocycles. The van der Waals surface area contributed by atoms with Gasteiger partial charge in [-0.25, -0.2) is 4.98 Å². The number of anilines is 1. The monoisotopic (exact) mass is 360 g/mol.